The molecule has 14 N–H and O–H groups in total. The Morgan fingerprint density at radius 1 is 0.583 bits per heavy atom. The van der Waals surface area contributed by atoms with Crippen molar-refractivity contribution >= 4 is 53.4 Å². The van der Waals surface area contributed by atoms with Gasteiger partial charge in [0.1, 0.15) is 36.3 Å². The molecule has 0 unspecified atom stereocenters. The van der Waals surface area contributed by atoms with E-state index in [1.165, 1.54) is 6.92 Å². The van der Waals surface area contributed by atoms with Crippen molar-refractivity contribution in [2.45, 2.75) is 82.4 Å². The van der Waals surface area contributed by atoms with E-state index in [2.05, 4.69) is 21.3 Å². The second kappa shape index (κ2) is 21.0. The molecule has 0 spiro atoms. The first-order valence-corrected chi connectivity index (χ1v) is 14.4. The largest absolute Gasteiger partial charge is 0.481 e. The topological polar surface area (TPSA) is 373 Å². The van der Waals surface area contributed by atoms with Gasteiger partial charge < -0.3 is 68.3 Å². The molecule has 0 heterocycles. The van der Waals surface area contributed by atoms with Crippen LogP contribution in [0.15, 0.2) is 0 Å². The molecule has 22 nitrogen and oxygen atoms in total. The molecule has 0 aliphatic carbocycles. The number of nitrogens with two attached hydrogens (primary N) is 1. The van der Waals surface area contributed by atoms with Gasteiger partial charge in [-0.1, -0.05) is 20.3 Å². The fourth-order valence-electron chi connectivity index (χ4n) is 3.81. The van der Waals surface area contributed by atoms with Crippen molar-refractivity contribution in [2.24, 2.45) is 11.7 Å². The van der Waals surface area contributed by atoms with Crippen LogP contribution in [0.2, 0.25) is 0 Å². The fraction of sp³-hybridized carbons (Fsp3) is 0.654. The molecule has 0 aromatic carbocycles. The summed E-state index contributed by atoms with van der Waals surface area (Å²) in [5.41, 5.74) is 5.17. The zero-order valence-corrected chi connectivity index (χ0v) is 26.3. The number of carboxylic acid groups (broad SMARTS) is 3. The highest BCUT2D eigenvalue weighted by Crippen LogP contribution is 2.10. The van der Waals surface area contributed by atoms with Gasteiger partial charge in [-0.05, 0) is 12.8 Å². The summed E-state index contributed by atoms with van der Waals surface area (Å²) in [5, 5.41) is 69.0. The van der Waals surface area contributed by atoms with Gasteiger partial charge in [-0.25, -0.2) is 4.79 Å². The van der Waals surface area contributed by atoms with E-state index in [-0.39, 0.29) is 6.42 Å². The molecule has 6 amide bonds. The van der Waals surface area contributed by atoms with Crippen LogP contribution in [0.3, 0.4) is 0 Å². The van der Waals surface area contributed by atoms with E-state index < -0.39 is 134 Å². The molecule has 0 aromatic heterocycles. The molecule has 48 heavy (non-hydrogen) atoms. The Balaban J connectivity index is 5.89. The summed E-state index contributed by atoms with van der Waals surface area (Å²) >= 11 is 0. The lowest BCUT2D eigenvalue weighted by molar-refractivity contribution is -0.147. The predicted molar refractivity (Wildman–Crippen MR) is 158 cm³/mol. The van der Waals surface area contributed by atoms with Crippen LogP contribution in [0.25, 0.3) is 0 Å². The van der Waals surface area contributed by atoms with Gasteiger partial charge in [-0.2, -0.15) is 0 Å². The van der Waals surface area contributed by atoms with Crippen LogP contribution in [0.4, 0.5) is 0 Å². The predicted octanol–water partition coefficient (Wildman–Crippen LogP) is -6.70. The van der Waals surface area contributed by atoms with Gasteiger partial charge in [-0.3, -0.25) is 38.4 Å². The van der Waals surface area contributed by atoms with Crippen molar-refractivity contribution in [1.29, 1.82) is 0 Å². The minimum absolute atomic E-state index is 0.236. The van der Waals surface area contributed by atoms with E-state index in [0.717, 1.165) is 6.92 Å². The number of aliphatic hydroxyl groups excluding tert-OH is 3. The Morgan fingerprint density at radius 3 is 1.40 bits per heavy atom. The van der Waals surface area contributed by atoms with Crippen molar-refractivity contribution in [3.05, 3.63) is 0 Å². The van der Waals surface area contributed by atoms with Gasteiger partial charge >= 0.3 is 17.9 Å². The van der Waals surface area contributed by atoms with Gasteiger partial charge in [-0.15, -0.1) is 0 Å². The van der Waals surface area contributed by atoms with Crippen LogP contribution in [0, 0.1) is 5.92 Å². The summed E-state index contributed by atoms with van der Waals surface area (Å²) in [6, 6.07) is -10.6. The number of rotatable bonds is 22. The van der Waals surface area contributed by atoms with E-state index in [0.29, 0.717) is 0 Å². The van der Waals surface area contributed by atoms with Crippen molar-refractivity contribution in [3.63, 3.8) is 0 Å². The Kier molecular flexibility index (Phi) is 18.9. The molecule has 0 radical (unpaired) electrons. The highest BCUT2D eigenvalue weighted by Gasteiger charge is 2.36. The van der Waals surface area contributed by atoms with Crippen molar-refractivity contribution < 1.29 is 73.8 Å². The van der Waals surface area contributed by atoms with Crippen molar-refractivity contribution in [1.82, 2.24) is 31.9 Å². The monoisotopic (exact) mass is 693 g/mol. The number of hydrogen-bond donors (Lipinski definition) is 13. The van der Waals surface area contributed by atoms with E-state index in [1.54, 1.807) is 6.92 Å². The third-order valence-electron chi connectivity index (χ3n) is 6.70. The van der Waals surface area contributed by atoms with Crippen LogP contribution in [0.5, 0.6) is 0 Å². The first-order valence-electron chi connectivity index (χ1n) is 14.4. The summed E-state index contributed by atoms with van der Waals surface area (Å²) in [6.45, 7) is 1.45. The van der Waals surface area contributed by atoms with E-state index in [4.69, 9.17) is 21.1 Å². The third kappa shape index (κ3) is 14.7. The summed E-state index contributed by atoms with van der Waals surface area (Å²) in [7, 11) is 0. The highest BCUT2D eigenvalue weighted by molar-refractivity contribution is 5.98. The number of carbonyl (C=O) groups excluding carboxylic acids is 6. The van der Waals surface area contributed by atoms with Crippen molar-refractivity contribution in [2.75, 3.05) is 19.8 Å². The van der Waals surface area contributed by atoms with Gasteiger partial charge in [0.15, 0.2) is 0 Å². The average Bonchev–Trinajstić information content (AvgIpc) is 3.01. The second-order valence-electron chi connectivity index (χ2n) is 10.5. The fourth-order valence-corrected chi connectivity index (χ4v) is 3.81. The van der Waals surface area contributed by atoms with Gasteiger partial charge in [0.2, 0.25) is 35.4 Å². The Labute approximate surface area is 273 Å². The van der Waals surface area contributed by atoms with Gasteiger partial charge in [0, 0.05) is 0 Å². The van der Waals surface area contributed by atoms with E-state index in [1.807, 2.05) is 10.6 Å². The number of hydrogen-bond acceptors (Lipinski definition) is 13. The van der Waals surface area contributed by atoms with Crippen LogP contribution >= 0.6 is 0 Å². The number of carbonyl (C=O) groups is 9. The molecular formula is C26H43N7O15. The lowest BCUT2D eigenvalue weighted by Gasteiger charge is -2.29. The maximum atomic E-state index is 13.3. The molecule has 0 aliphatic rings. The second-order valence-corrected chi connectivity index (χ2v) is 10.5. The van der Waals surface area contributed by atoms with Crippen LogP contribution in [-0.2, 0) is 43.2 Å². The number of amides is 6. The number of nitrogens with one attached hydrogen (secondary N) is 6. The van der Waals surface area contributed by atoms with Crippen molar-refractivity contribution in [3.8, 4) is 0 Å². The third-order valence-corrected chi connectivity index (χ3v) is 6.70. The standard InChI is InChI=1S/C26H43N7O15/c1-4-10(2)19(32-23(44)15(9-35)30-21(42)12(5-17(38)39)28-16(37)7-27)24(45)33-20(11(3)36)25(46)31-14(8-34)22(43)29-13(26(47)48)6-18(40)41/h10-15,19-20,34-36H,4-9,27H2,1-3H3,(H,28,37)(H,29,43)(H,30,42)(H,31,46)(H,32,44)(H,33,45)(H,38,39)(H,40,41)(H,47,48)/t10-,11+,12-,13-,14-,15-,19-,20-/m0/s1. The number of aliphatic carboxylic acids is 3. The maximum absolute atomic E-state index is 13.3. The molecule has 0 saturated carbocycles. The zero-order valence-electron chi connectivity index (χ0n) is 26.3. The molecule has 0 aliphatic heterocycles. The Hall–Kier alpha value is -4.93. The number of aliphatic hydroxyl groups is 3. The molecule has 22 heteroatoms. The van der Waals surface area contributed by atoms with E-state index >= 15 is 0 Å². The normalized spacial score (nSPS) is 15.8. The summed E-state index contributed by atoms with van der Waals surface area (Å²) in [4.78, 5) is 109. The number of carboxylic acids is 3. The highest BCUT2D eigenvalue weighted by atomic mass is 16.4. The maximum Gasteiger partial charge on any atom is 0.326 e. The molecular weight excluding hydrogens is 650 g/mol. The van der Waals surface area contributed by atoms with Crippen LogP contribution < -0.4 is 37.6 Å². The molecule has 8 atom stereocenters. The Bertz CT molecular complexity index is 1200. The molecule has 0 saturated heterocycles. The van der Waals surface area contributed by atoms with E-state index in [9.17, 15) is 58.5 Å². The van der Waals surface area contributed by atoms with Gasteiger partial charge in [0.25, 0.3) is 0 Å². The first kappa shape index (κ1) is 43.1. The van der Waals surface area contributed by atoms with Crippen LogP contribution in [0.1, 0.15) is 40.0 Å². The van der Waals surface area contributed by atoms with Gasteiger partial charge in [0.05, 0.1) is 38.7 Å². The molecule has 0 fully saturated rings. The lowest BCUT2D eigenvalue weighted by Crippen LogP contribution is -2.63. The lowest BCUT2D eigenvalue weighted by atomic mass is 9.97. The minimum atomic E-state index is -1.92. The van der Waals surface area contributed by atoms with Crippen LogP contribution in [-0.4, -0.2) is 146 Å². The quantitative estimate of drug-likeness (QED) is 0.0501. The first-order chi connectivity index (χ1) is 22.3. The zero-order chi connectivity index (χ0) is 37.3. The SMILES string of the molecule is CC[C@H](C)[C@H](NC(=O)[C@H](CO)NC(=O)[C@H](CC(=O)O)NC(=O)CN)C(=O)N[C@H](C(=O)N[C@@H](CO)C(=O)N[C@@H](CC(=O)O)C(=O)O)[C@@H](C)O. The molecule has 0 bridgehead atoms. The summed E-state index contributed by atoms with van der Waals surface area (Å²) < 4.78 is 0. The average molecular weight is 694 g/mol. The molecule has 0 rings (SSSR count). The summed E-state index contributed by atoms with van der Waals surface area (Å²) in [5.74, 6) is -12.3. The summed E-state index contributed by atoms with van der Waals surface area (Å²) in [6.07, 6.45) is -3.36. The Morgan fingerprint density at radius 2 is 0.979 bits per heavy atom. The molecule has 272 valence electrons. The smallest absolute Gasteiger partial charge is 0.326 e. The molecule has 0 aromatic rings. The minimum Gasteiger partial charge on any atom is -0.481 e.